The molecule has 1 aliphatic heterocycles. The molecule has 0 bridgehead atoms. The minimum absolute atomic E-state index is 0.0700. The maximum atomic E-state index is 9.85. The zero-order valence-corrected chi connectivity index (χ0v) is 11.0. The molecule has 1 saturated heterocycles. The Balaban J connectivity index is 2.88. The number of ether oxygens (including phenoxy) is 1. The van der Waals surface area contributed by atoms with E-state index in [-0.39, 0.29) is 12.3 Å². The van der Waals surface area contributed by atoms with E-state index in [1.807, 2.05) is 13.8 Å². The van der Waals surface area contributed by atoms with Gasteiger partial charge in [-0.3, -0.25) is 0 Å². The van der Waals surface area contributed by atoms with Crippen LogP contribution >= 0.6 is 0 Å². The van der Waals surface area contributed by atoms with Gasteiger partial charge in [-0.2, -0.15) is 0 Å². The minimum Gasteiger partial charge on any atom is -0.394 e. The first-order valence-electron chi connectivity index (χ1n) is 6.24. The molecule has 6 nitrogen and oxygen atoms in total. The van der Waals surface area contributed by atoms with Crippen molar-refractivity contribution in [2.24, 2.45) is 5.92 Å². The lowest BCUT2D eigenvalue weighted by Crippen LogP contribution is -2.61. The fourth-order valence-electron chi connectivity index (χ4n) is 2.15. The second-order valence-electron chi connectivity index (χ2n) is 5.55. The summed E-state index contributed by atoms with van der Waals surface area (Å²) in [5, 5.41) is 47.8. The van der Waals surface area contributed by atoms with Crippen LogP contribution in [0.25, 0.3) is 0 Å². The van der Waals surface area contributed by atoms with Crippen molar-refractivity contribution in [3.05, 3.63) is 0 Å². The maximum Gasteiger partial charge on any atom is 0.115 e. The first kappa shape index (κ1) is 15.8. The average Bonchev–Trinajstić information content (AvgIpc) is 2.31. The molecule has 4 unspecified atom stereocenters. The molecule has 1 aliphatic rings. The Morgan fingerprint density at radius 3 is 2.28 bits per heavy atom. The van der Waals surface area contributed by atoms with Crippen LogP contribution in [0.2, 0.25) is 0 Å². The Labute approximate surface area is 107 Å². The van der Waals surface area contributed by atoms with Crippen LogP contribution in [0.15, 0.2) is 0 Å². The van der Waals surface area contributed by atoms with Gasteiger partial charge in [-0.05, 0) is 12.8 Å². The highest BCUT2D eigenvalue weighted by Gasteiger charge is 2.48. The van der Waals surface area contributed by atoms with Gasteiger partial charge in [-0.15, -0.1) is 0 Å². The van der Waals surface area contributed by atoms with Crippen molar-refractivity contribution in [1.29, 1.82) is 0 Å². The van der Waals surface area contributed by atoms with Gasteiger partial charge >= 0.3 is 0 Å². The Morgan fingerprint density at radius 1 is 1.28 bits per heavy atom. The van der Waals surface area contributed by atoms with Crippen molar-refractivity contribution in [2.45, 2.75) is 63.3 Å². The summed E-state index contributed by atoms with van der Waals surface area (Å²) in [5.41, 5.74) is -0.695. The third-order valence-electron chi connectivity index (χ3n) is 3.89. The third-order valence-corrected chi connectivity index (χ3v) is 3.89. The molecular formula is C12H24O6. The first-order chi connectivity index (χ1) is 8.23. The highest BCUT2D eigenvalue weighted by molar-refractivity contribution is 4.97. The molecule has 0 aromatic rings. The second kappa shape index (κ2) is 5.81. The van der Waals surface area contributed by atoms with Crippen molar-refractivity contribution in [3.63, 3.8) is 0 Å². The third kappa shape index (κ3) is 3.01. The fraction of sp³-hybridized carbons (Fsp3) is 1.00. The fourth-order valence-corrected chi connectivity index (χ4v) is 2.15. The lowest BCUT2D eigenvalue weighted by Gasteiger charge is -2.47. The van der Waals surface area contributed by atoms with Gasteiger partial charge in [0.05, 0.1) is 18.3 Å². The van der Waals surface area contributed by atoms with E-state index in [0.717, 1.165) is 0 Å². The second-order valence-corrected chi connectivity index (χ2v) is 5.55. The van der Waals surface area contributed by atoms with Crippen molar-refractivity contribution in [3.8, 4) is 0 Å². The van der Waals surface area contributed by atoms with Gasteiger partial charge in [0.2, 0.25) is 0 Å². The molecule has 1 fully saturated rings. The maximum absolute atomic E-state index is 9.85. The highest BCUT2D eigenvalue weighted by Crippen LogP contribution is 2.36. The summed E-state index contributed by atoms with van der Waals surface area (Å²) in [4.78, 5) is 0. The molecule has 0 spiro atoms. The molecule has 18 heavy (non-hydrogen) atoms. The predicted octanol–water partition coefficient (Wildman–Crippen LogP) is -1.37. The quantitative estimate of drug-likeness (QED) is 0.428. The Morgan fingerprint density at radius 2 is 1.83 bits per heavy atom. The minimum atomic E-state index is -1.45. The van der Waals surface area contributed by atoms with Crippen molar-refractivity contribution in [1.82, 2.24) is 0 Å². The molecular weight excluding hydrogens is 240 g/mol. The summed E-state index contributed by atoms with van der Waals surface area (Å²) in [5.74, 6) is 0.0700. The zero-order chi connectivity index (χ0) is 14.1. The number of hydrogen-bond acceptors (Lipinski definition) is 6. The molecule has 0 aliphatic carbocycles. The van der Waals surface area contributed by atoms with E-state index in [9.17, 15) is 20.4 Å². The van der Waals surface area contributed by atoms with Crippen LogP contribution < -0.4 is 0 Å². The SMILES string of the molecule is CC(C)C1(C)CC(O)C(O)C([C@H](O)[C@H](O)CO)O1. The molecule has 0 saturated carbocycles. The number of rotatable bonds is 4. The van der Waals surface area contributed by atoms with Crippen molar-refractivity contribution >= 4 is 0 Å². The van der Waals surface area contributed by atoms with Crippen LogP contribution in [0.4, 0.5) is 0 Å². The lowest BCUT2D eigenvalue weighted by molar-refractivity contribution is -0.257. The lowest BCUT2D eigenvalue weighted by atomic mass is 9.80. The van der Waals surface area contributed by atoms with Crippen LogP contribution in [0.1, 0.15) is 27.2 Å². The van der Waals surface area contributed by atoms with Gasteiger partial charge in [-0.1, -0.05) is 13.8 Å². The molecule has 5 N–H and O–H groups in total. The molecule has 0 amide bonds. The van der Waals surface area contributed by atoms with Crippen LogP contribution in [0, 0.1) is 5.92 Å². The van der Waals surface area contributed by atoms with E-state index < -0.39 is 42.7 Å². The summed E-state index contributed by atoms with van der Waals surface area (Å²) in [7, 11) is 0. The molecule has 1 rings (SSSR count). The summed E-state index contributed by atoms with van der Waals surface area (Å²) >= 11 is 0. The van der Waals surface area contributed by atoms with Crippen molar-refractivity contribution in [2.75, 3.05) is 6.61 Å². The summed E-state index contributed by atoms with van der Waals surface area (Å²) in [6.07, 6.45) is -6.04. The van der Waals surface area contributed by atoms with Crippen LogP contribution in [0.3, 0.4) is 0 Å². The van der Waals surface area contributed by atoms with Crippen LogP contribution in [0.5, 0.6) is 0 Å². The van der Waals surface area contributed by atoms with Gasteiger partial charge in [0.15, 0.2) is 0 Å². The average molecular weight is 264 g/mol. The molecule has 1 heterocycles. The van der Waals surface area contributed by atoms with Gasteiger partial charge in [0, 0.05) is 6.42 Å². The van der Waals surface area contributed by atoms with E-state index >= 15 is 0 Å². The Bertz CT molecular complexity index is 271. The predicted molar refractivity (Wildman–Crippen MR) is 63.8 cm³/mol. The molecule has 6 atom stereocenters. The summed E-state index contributed by atoms with van der Waals surface area (Å²) in [6.45, 7) is 4.98. The van der Waals surface area contributed by atoms with E-state index in [1.54, 1.807) is 6.92 Å². The monoisotopic (exact) mass is 264 g/mol. The summed E-state index contributed by atoms with van der Waals surface area (Å²) < 4.78 is 5.67. The van der Waals surface area contributed by atoms with Crippen LogP contribution in [-0.2, 0) is 4.74 Å². The Kier molecular flexibility index (Phi) is 5.11. The van der Waals surface area contributed by atoms with E-state index in [4.69, 9.17) is 9.84 Å². The van der Waals surface area contributed by atoms with Crippen LogP contribution in [-0.4, -0.2) is 68.3 Å². The topological polar surface area (TPSA) is 110 Å². The largest absolute Gasteiger partial charge is 0.394 e. The van der Waals surface area contributed by atoms with Gasteiger partial charge < -0.3 is 30.3 Å². The van der Waals surface area contributed by atoms with Gasteiger partial charge in [-0.25, -0.2) is 0 Å². The zero-order valence-electron chi connectivity index (χ0n) is 11.0. The number of hydrogen-bond donors (Lipinski definition) is 5. The van der Waals surface area contributed by atoms with Gasteiger partial charge in [0.1, 0.15) is 24.4 Å². The van der Waals surface area contributed by atoms with Gasteiger partial charge in [0.25, 0.3) is 0 Å². The molecule has 0 aromatic carbocycles. The van der Waals surface area contributed by atoms with E-state index in [1.165, 1.54) is 0 Å². The normalized spacial score (nSPS) is 40.8. The number of aliphatic hydroxyl groups excluding tert-OH is 5. The standard InChI is InChI=1S/C12H24O6/c1-6(2)12(3)4-7(14)9(16)11(18-12)10(17)8(15)5-13/h6-11,13-17H,4-5H2,1-3H3/t7?,8-,9?,10-,11?,12?/m1/s1. The number of aliphatic hydroxyl groups is 5. The van der Waals surface area contributed by atoms with E-state index in [0.29, 0.717) is 0 Å². The highest BCUT2D eigenvalue weighted by atomic mass is 16.5. The smallest absolute Gasteiger partial charge is 0.115 e. The summed E-state index contributed by atoms with van der Waals surface area (Å²) in [6, 6.07) is 0. The first-order valence-corrected chi connectivity index (χ1v) is 6.24. The molecule has 6 heteroatoms. The molecule has 0 radical (unpaired) electrons. The Hall–Kier alpha value is -0.240. The van der Waals surface area contributed by atoms with Crippen molar-refractivity contribution < 1.29 is 30.3 Å². The van der Waals surface area contributed by atoms with E-state index in [2.05, 4.69) is 0 Å². The molecule has 0 aromatic heterocycles. The molecule has 108 valence electrons.